The van der Waals surface area contributed by atoms with E-state index in [0.717, 1.165) is 24.7 Å². The Morgan fingerprint density at radius 2 is 1.87 bits per heavy atom. The summed E-state index contributed by atoms with van der Waals surface area (Å²) in [6.07, 6.45) is 6.08. The van der Waals surface area contributed by atoms with Gasteiger partial charge in [-0.25, -0.2) is 19.3 Å². The van der Waals surface area contributed by atoms with Crippen LogP contribution in [0.1, 0.15) is 26.2 Å². The molecule has 2 aromatic heterocycles. The molecule has 0 amide bonds. The number of aromatic nitrogens is 4. The lowest BCUT2D eigenvalue weighted by Crippen LogP contribution is -2.12. The first-order valence-electron chi connectivity index (χ1n) is 10.1. The van der Waals surface area contributed by atoms with Crippen LogP contribution in [-0.2, 0) is 11.3 Å². The Bertz CT molecular complexity index is 924. The number of nitrogens with zero attached hydrogens (tertiary/aromatic N) is 4. The highest BCUT2D eigenvalue weighted by atomic mass is 19.1. The molecule has 0 spiro atoms. The molecule has 1 aliphatic heterocycles. The van der Waals surface area contributed by atoms with Gasteiger partial charge in [-0.15, -0.1) is 0 Å². The van der Waals surface area contributed by atoms with Gasteiger partial charge in [0.05, 0.1) is 30.1 Å². The van der Waals surface area contributed by atoms with E-state index in [1.807, 2.05) is 4.57 Å². The van der Waals surface area contributed by atoms with E-state index in [9.17, 15) is 8.78 Å². The van der Waals surface area contributed by atoms with Crippen LogP contribution >= 0.6 is 0 Å². The van der Waals surface area contributed by atoms with Gasteiger partial charge in [-0.05, 0) is 55.5 Å². The molecule has 1 saturated heterocycles. The molecule has 1 fully saturated rings. The summed E-state index contributed by atoms with van der Waals surface area (Å²) in [6, 6.07) is 7.74. The molecular formula is C22H27F2N5O. The Balaban J connectivity index is 0.000000310. The van der Waals surface area contributed by atoms with Gasteiger partial charge >= 0.3 is 0 Å². The van der Waals surface area contributed by atoms with Crippen molar-refractivity contribution in [3.63, 3.8) is 0 Å². The smallest absolute Gasteiger partial charge is 0.220 e. The number of hydrogen-bond donors (Lipinski definition) is 1. The van der Waals surface area contributed by atoms with Crippen molar-refractivity contribution in [2.45, 2.75) is 32.7 Å². The predicted octanol–water partition coefficient (Wildman–Crippen LogP) is 4.52. The first kappa shape index (κ1) is 21.8. The number of ether oxygens (including phenoxy) is 1. The Hall–Kier alpha value is -2.87. The van der Waals surface area contributed by atoms with E-state index < -0.39 is 6.67 Å². The van der Waals surface area contributed by atoms with Gasteiger partial charge in [0.1, 0.15) is 5.82 Å². The van der Waals surface area contributed by atoms with Gasteiger partial charge in [-0.3, -0.25) is 4.39 Å². The van der Waals surface area contributed by atoms with Crippen LogP contribution in [0.25, 0.3) is 22.6 Å². The molecule has 30 heavy (non-hydrogen) atoms. The fourth-order valence-electron chi connectivity index (χ4n) is 3.19. The van der Waals surface area contributed by atoms with E-state index in [0.29, 0.717) is 30.0 Å². The summed E-state index contributed by atoms with van der Waals surface area (Å²) in [7, 11) is 0. The van der Waals surface area contributed by atoms with Gasteiger partial charge in [-0.1, -0.05) is 6.92 Å². The number of alkyl halides is 1. The summed E-state index contributed by atoms with van der Waals surface area (Å²) in [5, 5.41) is 0. The highest BCUT2D eigenvalue weighted by Crippen LogP contribution is 2.30. The number of anilines is 1. The molecule has 0 saturated carbocycles. The summed E-state index contributed by atoms with van der Waals surface area (Å²) >= 11 is 0. The number of benzene rings is 1. The monoisotopic (exact) mass is 415 g/mol. The molecule has 2 N–H and O–H groups in total. The normalized spacial score (nSPS) is 14.2. The molecule has 0 radical (unpaired) electrons. The highest BCUT2D eigenvalue weighted by molar-refractivity contribution is 5.77. The van der Waals surface area contributed by atoms with Gasteiger partial charge < -0.3 is 15.0 Å². The van der Waals surface area contributed by atoms with Crippen LogP contribution in [0.15, 0.2) is 42.9 Å². The third kappa shape index (κ3) is 5.82. The number of imidazole rings is 1. The quantitative estimate of drug-likeness (QED) is 0.663. The number of halogens is 2. The molecule has 1 aliphatic rings. The zero-order chi connectivity index (χ0) is 21.3. The van der Waals surface area contributed by atoms with Gasteiger partial charge in [0.15, 0.2) is 0 Å². The van der Waals surface area contributed by atoms with Crippen LogP contribution in [0, 0.1) is 11.7 Å². The highest BCUT2D eigenvalue weighted by Gasteiger charge is 2.16. The molecule has 6 nitrogen and oxygen atoms in total. The molecule has 0 bridgehead atoms. The van der Waals surface area contributed by atoms with E-state index in [1.165, 1.54) is 25.0 Å². The zero-order valence-electron chi connectivity index (χ0n) is 17.1. The maximum absolute atomic E-state index is 13.1. The second kappa shape index (κ2) is 10.8. The summed E-state index contributed by atoms with van der Waals surface area (Å²) in [4.78, 5) is 12.5. The van der Waals surface area contributed by atoms with Gasteiger partial charge in [0, 0.05) is 31.5 Å². The van der Waals surface area contributed by atoms with Crippen molar-refractivity contribution in [2.75, 3.05) is 25.6 Å². The third-order valence-corrected chi connectivity index (χ3v) is 4.91. The van der Waals surface area contributed by atoms with Crippen LogP contribution in [0.4, 0.5) is 14.7 Å². The number of hydrogen-bond acceptors (Lipinski definition) is 5. The lowest BCUT2D eigenvalue weighted by Gasteiger charge is -2.16. The predicted molar refractivity (Wildman–Crippen MR) is 113 cm³/mol. The molecule has 0 unspecified atom stereocenters. The molecule has 1 aromatic carbocycles. The largest absolute Gasteiger partial charge is 0.381 e. The molecule has 8 heteroatoms. The molecular weight excluding hydrogens is 388 g/mol. The Morgan fingerprint density at radius 1 is 1.13 bits per heavy atom. The van der Waals surface area contributed by atoms with Gasteiger partial charge in [-0.2, -0.15) is 0 Å². The van der Waals surface area contributed by atoms with Crippen molar-refractivity contribution in [3.8, 4) is 22.6 Å². The summed E-state index contributed by atoms with van der Waals surface area (Å²) in [6.45, 7) is 4.30. The van der Waals surface area contributed by atoms with Crippen LogP contribution < -0.4 is 5.73 Å². The van der Waals surface area contributed by atoms with Crippen molar-refractivity contribution in [3.05, 3.63) is 48.7 Å². The first-order chi connectivity index (χ1) is 14.6. The minimum Gasteiger partial charge on any atom is -0.381 e. The van der Waals surface area contributed by atoms with Crippen LogP contribution in [0.3, 0.4) is 0 Å². The standard InChI is InChI=1S/C16H15F2N5.C6H12O/c17-7-1-9-23-10-21-14(11-2-4-12(18)5-3-11)15(23)13-6-8-20-16(19)22-13;1-6-2-4-7-5-3-6/h2-6,8,10H,1,7,9H2,(H2,19,20,22);6H,2-5H2,1H3. The SMILES string of the molecule is CC1CCOCC1.Nc1nccc(-c2c(-c3ccc(F)cc3)ncn2CCCF)n1. The molecule has 3 aromatic rings. The van der Waals surface area contributed by atoms with Crippen LogP contribution in [0.5, 0.6) is 0 Å². The average Bonchev–Trinajstić information content (AvgIpc) is 3.18. The van der Waals surface area contributed by atoms with E-state index in [4.69, 9.17) is 10.5 Å². The van der Waals surface area contributed by atoms with E-state index >= 15 is 0 Å². The lowest BCUT2D eigenvalue weighted by molar-refractivity contribution is 0.0716. The maximum Gasteiger partial charge on any atom is 0.220 e. The van der Waals surface area contributed by atoms with Crippen molar-refractivity contribution < 1.29 is 13.5 Å². The summed E-state index contributed by atoms with van der Waals surface area (Å²) in [5.74, 6) is 0.734. The fourth-order valence-corrected chi connectivity index (χ4v) is 3.19. The first-order valence-corrected chi connectivity index (χ1v) is 10.1. The number of aryl methyl sites for hydroxylation is 1. The summed E-state index contributed by atoms with van der Waals surface area (Å²) < 4.78 is 32.6. The van der Waals surface area contributed by atoms with E-state index in [-0.39, 0.29) is 11.8 Å². The van der Waals surface area contributed by atoms with Crippen LogP contribution in [0.2, 0.25) is 0 Å². The Kier molecular flexibility index (Phi) is 7.84. The molecule has 0 atom stereocenters. The molecule has 160 valence electrons. The minimum absolute atomic E-state index is 0.144. The van der Waals surface area contributed by atoms with Gasteiger partial charge in [0.2, 0.25) is 5.95 Å². The third-order valence-electron chi connectivity index (χ3n) is 4.91. The van der Waals surface area contributed by atoms with Crippen molar-refractivity contribution in [2.24, 2.45) is 5.92 Å². The topological polar surface area (TPSA) is 78.9 Å². The van der Waals surface area contributed by atoms with Crippen molar-refractivity contribution >= 4 is 5.95 Å². The molecule has 4 rings (SSSR count). The van der Waals surface area contributed by atoms with Gasteiger partial charge in [0.25, 0.3) is 0 Å². The van der Waals surface area contributed by atoms with Crippen LogP contribution in [-0.4, -0.2) is 39.4 Å². The zero-order valence-corrected chi connectivity index (χ0v) is 17.1. The Labute approximate surface area is 175 Å². The van der Waals surface area contributed by atoms with Crippen molar-refractivity contribution in [1.82, 2.24) is 19.5 Å². The van der Waals surface area contributed by atoms with E-state index in [2.05, 4.69) is 21.9 Å². The number of nitrogen functional groups attached to an aromatic ring is 1. The van der Waals surface area contributed by atoms with Crippen molar-refractivity contribution in [1.29, 1.82) is 0 Å². The Morgan fingerprint density at radius 3 is 2.47 bits per heavy atom. The second-order valence-corrected chi connectivity index (χ2v) is 7.28. The van der Waals surface area contributed by atoms with E-state index in [1.54, 1.807) is 30.7 Å². The fraction of sp³-hybridized carbons (Fsp3) is 0.409. The number of rotatable bonds is 5. The lowest BCUT2D eigenvalue weighted by atomic mass is 10.0. The average molecular weight is 415 g/mol. The maximum atomic E-state index is 13.1. The molecule has 3 heterocycles. The second-order valence-electron chi connectivity index (χ2n) is 7.28. The summed E-state index contributed by atoms with van der Waals surface area (Å²) in [5.41, 5.74) is 8.35. The molecule has 0 aliphatic carbocycles. The number of nitrogens with two attached hydrogens (primary N) is 1. The minimum atomic E-state index is -0.421.